The fourth-order valence-corrected chi connectivity index (χ4v) is 2.02. The molecule has 0 bridgehead atoms. The van der Waals surface area contributed by atoms with Crippen molar-refractivity contribution in [2.75, 3.05) is 23.7 Å². The van der Waals surface area contributed by atoms with Gasteiger partial charge in [0, 0.05) is 19.2 Å². The van der Waals surface area contributed by atoms with Crippen molar-refractivity contribution in [1.82, 2.24) is 9.97 Å². The van der Waals surface area contributed by atoms with Crippen molar-refractivity contribution in [1.29, 1.82) is 0 Å². The second-order valence-electron chi connectivity index (χ2n) is 5.56. The summed E-state index contributed by atoms with van der Waals surface area (Å²) >= 11 is 0. The molecule has 0 fully saturated rings. The molecule has 0 amide bonds. The third-order valence-electron chi connectivity index (χ3n) is 3.26. The van der Waals surface area contributed by atoms with Crippen molar-refractivity contribution >= 4 is 11.6 Å². The van der Waals surface area contributed by atoms with Crippen LogP contribution in [0.2, 0.25) is 0 Å². The standard InChI is InChI=1S/C17H24N4/c1-14(2)8-10-18-16-12-17(21-13-20-16)19-11-9-15-6-4-3-5-7-15/h3-7,12-14H,8-11H2,1-2H3,(H2,18,19,20,21). The Kier molecular flexibility index (Phi) is 6.00. The van der Waals surface area contributed by atoms with Crippen molar-refractivity contribution in [2.24, 2.45) is 5.92 Å². The average molecular weight is 284 g/mol. The summed E-state index contributed by atoms with van der Waals surface area (Å²) in [5, 5.41) is 6.67. The summed E-state index contributed by atoms with van der Waals surface area (Å²) in [4.78, 5) is 8.49. The minimum absolute atomic E-state index is 0.697. The van der Waals surface area contributed by atoms with Gasteiger partial charge in [-0.05, 0) is 24.3 Å². The van der Waals surface area contributed by atoms with E-state index < -0.39 is 0 Å². The van der Waals surface area contributed by atoms with Crippen molar-refractivity contribution in [3.05, 3.63) is 48.3 Å². The molecule has 0 unspecified atom stereocenters. The molecule has 21 heavy (non-hydrogen) atoms. The predicted octanol–water partition coefficient (Wildman–Crippen LogP) is 3.59. The number of hydrogen-bond donors (Lipinski definition) is 2. The van der Waals surface area contributed by atoms with Gasteiger partial charge >= 0.3 is 0 Å². The number of aromatic nitrogens is 2. The van der Waals surface area contributed by atoms with E-state index in [9.17, 15) is 0 Å². The first-order chi connectivity index (χ1) is 10.2. The van der Waals surface area contributed by atoms with E-state index in [2.05, 4.69) is 58.7 Å². The topological polar surface area (TPSA) is 49.8 Å². The second kappa shape index (κ2) is 8.25. The lowest BCUT2D eigenvalue weighted by Crippen LogP contribution is -2.09. The highest BCUT2D eigenvalue weighted by Gasteiger charge is 1.99. The normalized spacial score (nSPS) is 10.6. The second-order valence-corrected chi connectivity index (χ2v) is 5.56. The summed E-state index contributed by atoms with van der Waals surface area (Å²) in [5.41, 5.74) is 1.33. The van der Waals surface area contributed by atoms with E-state index in [1.165, 1.54) is 5.56 Å². The molecular formula is C17H24N4. The van der Waals surface area contributed by atoms with Crippen molar-refractivity contribution in [3.8, 4) is 0 Å². The molecule has 2 rings (SSSR count). The maximum Gasteiger partial charge on any atom is 0.131 e. The molecule has 0 aliphatic rings. The van der Waals surface area contributed by atoms with Crippen LogP contribution < -0.4 is 10.6 Å². The van der Waals surface area contributed by atoms with Crippen LogP contribution in [0.3, 0.4) is 0 Å². The zero-order valence-corrected chi connectivity index (χ0v) is 12.8. The lowest BCUT2D eigenvalue weighted by atomic mass is 10.1. The van der Waals surface area contributed by atoms with E-state index in [0.717, 1.165) is 37.6 Å². The van der Waals surface area contributed by atoms with Gasteiger partial charge < -0.3 is 10.6 Å². The zero-order chi connectivity index (χ0) is 14.9. The maximum absolute atomic E-state index is 4.25. The molecule has 0 saturated carbocycles. The Balaban J connectivity index is 1.78. The van der Waals surface area contributed by atoms with E-state index in [1.807, 2.05) is 12.1 Å². The SMILES string of the molecule is CC(C)CCNc1cc(NCCc2ccccc2)ncn1. The van der Waals surface area contributed by atoms with E-state index in [4.69, 9.17) is 0 Å². The molecule has 4 nitrogen and oxygen atoms in total. The minimum Gasteiger partial charge on any atom is -0.370 e. The van der Waals surface area contributed by atoms with Gasteiger partial charge in [-0.3, -0.25) is 0 Å². The summed E-state index contributed by atoms with van der Waals surface area (Å²) in [6.07, 6.45) is 3.73. The van der Waals surface area contributed by atoms with E-state index in [1.54, 1.807) is 6.33 Å². The Morgan fingerprint density at radius 2 is 1.62 bits per heavy atom. The first-order valence-corrected chi connectivity index (χ1v) is 7.58. The molecule has 0 spiro atoms. The van der Waals surface area contributed by atoms with Gasteiger partial charge in [0.25, 0.3) is 0 Å². The van der Waals surface area contributed by atoms with Gasteiger partial charge in [-0.15, -0.1) is 0 Å². The van der Waals surface area contributed by atoms with Crippen LogP contribution in [0.25, 0.3) is 0 Å². The van der Waals surface area contributed by atoms with Crippen LogP contribution in [0.4, 0.5) is 11.6 Å². The smallest absolute Gasteiger partial charge is 0.131 e. The van der Waals surface area contributed by atoms with Gasteiger partial charge in [0.2, 0.25) is 0 Å². The van der Waals surface area contributed by atoms with Crippen LogP contribution in [-0.2, 0) is 6.42 Å². The molecule has 0 saturated heterocycles. The fourth-order valence-electron chi connectivity index (χ4n) is 2.02. The molecule has 1 aromatic heterocycles. The molecule has 112 valence electrons. The number of nitrogens with one attached hydrogen (secondary N) is 2. The molecular weight excluding hydrogens is 260 g/mol. The average Bonchev–Trinajstić information content (AvgIpc) is 2.48. The molecule has 1 aromatic carbocycles. The zero-order valence-electron chi connectivity index (χ0n) is 12.8. The van der Waals surface area contributed by atoms with Gasteiger partial charge in [-0.25, -0.2) is 9.97 Å². The first kappa shape index (κ1) is 15.3. The van der Waals surface area contributed by atoms with Crippen LogP contribution in [-0.4, -0.2) is 23.1 Å². The van der Waals surface area contributed by atoms with Crippen molar-refractivity contribution in [2.45, 2.75) is 26.7 Å². The minimum atomic E-state index is 0.697. The van der Waals surface area contributed by atoms with Crippen LogP contribution in [0.15, 0.2) is 42.7 Å². The lowest BCUT2D eigenvalue weighted by molar-refractivity contribution is 0.606. The highest BCUT2D eigenvalue weighted by molar-refractivity contribution is 5.46. The van der Waals surface area contributed by atoms with Crippen LogP contribution >= 0.6 is 0 Å². The van der Waals surface area contributed by atoms with Crippen LogP contribution in [0.5, 0.6) is 0 Å². The third-order valence-corrected chi connectivity index (χ3v) is 3.26. The molecule has 2 aromatic rings. The highest BCUT2D eigenvalue weighted by Crippen LogP contribution is 2.10. The van der Waals surface area contributed by atoms with E-state index >= 15 is 0 Å². The molecule has 0 aliphatic heterocycles. The third kappa shape index (κ3) is 5.81. The van der Waals surface area contributed by atoms with E-state index in [0.29, 0.717) is 5.92 Å². The molecule has 0 aliphatic carbocycles. The molecule has 1 heterocycles. The molecule has 4 heteroatoms. The summed E-state index contributed by atoms with van der Waals surface area (Å²) in [6.45, 7) is 6.25. The summed E-state index contributed by atoms with van der Waals surface area (Å²) in [6, 6.07) is 12.4. The Hall–Kier alpha value is -2.10. The number of rotatable bonds is 8. The Labute approximate surface area is 127 Å². The van der Waals surface area contributed by atoms with Gasteiger partial charge in [0.1, 0.15) is 18.0 Å². The Bertz CT molecular complexity index is 525. The molecule has 0 atom stereocenters. The van der Waals surface area contributed by atoms with Gasteiger partial charge in [-0.1, -0.05) is 44.2 Å². The van der Waals surface area contributed by atoms with Gasteiger partial charge in [0.15, 0.2) is 0 Å². The fraction of sp³-hybridized carbons (Fsp3) is 0.412. The van der Waals surface area contributed by atoms with Crippen molar-refractivity contribution in [3.63, 3.8) is 0 Å². The van der Waals surface area contributed by atoms with Crippen molar-refractivity contribution < 1.29 is 0 Å². The first-order valence-electron chi connectivity index (χ1n) is 7.58. The monoisotopic (exact) mass is 284 g/mol. The number of benzene rings is 1. The number of hydrogen-bond acceptors (Lipinski definition) is 4. The van der Waals surface area contributed by atoms with Gasteiger partial charge in [-0.2, -0.15) is 0 Å². The van der Waals surface area contributed by atoms with Crippen LogP contribution in [0, 0.1) is 5.92 Å². The highest BCUT2D eigenvalue weighted by atomic mass is 15.1. The number of anilines is 2. The lowest BCUT2D eigenvalue weighted by Gasteiger charge is -2.09. The summed E-state index contributed by atoms with van der Waals surface area (Å²) in [7, 11) is 0. The Morgan fingerprint density at radius 1 is 0.952 bits per heavy atom. The van der Waals surface area contributed by atoms with E-state index in [-0.39, 0.29) is 0 Å². The Morgan fingerprint density at radius 3 is 2.29 bits per heavy atom. The number of nitrogens with zero attached hydrogens (tertiary/aromatic N) is 2. The quantitative estimate of drug-likeness (QED) is 0.778. The largest absolute Gasteiger partial charge is 0.370 e. The summed E-state index contributed by atoms with van der Waals surface area (Å²) < 4.78 is 0. The van der Waals surface area contributed by atoms with Crippen LogP contribution in [0.1, 0.15) is 25.8 Å². The molecule has 2 N–H and O–H groups in total. The predicted molar refractivity (Wildman–Crippen MR) is 88.6 cm³/mol. The molecule has 0 radical (unpaired) electrons. The van der Waals surface area contributed by atoms with Gasteiger partial charge in [0.05, 0.1) is 0 Å². The maximum atomic E-state index is 4.25. The summed E-state index contributed by atoms with van der Waals surface area (Å²) in [5.74, 6) is 2.45.